The summed E-state index contributed by atoms with van der Waals surface area (Å²) in [6.45, 7) is 0. The largest absolute Gasteiger partial charge is 0.194 e. The highest BCUT2D eigenvalue weighted by Gasteiger charge is 2.27. The lowest BCUT2D eigenvalue weighted by Gasteiger charge is -2.04. The van der Waals surface area contributed by atoms with Crippen LogP contribution in [0.25, 0.3) is 10.1 Å². The average Bonchev–Trinajstić information content (AvgIpc) is 3.02. The van der Waals surface area contributed by atoms with E-state index in [4.69, 9.17) is 0 Å². The summed E-state index contributed by atoms with van der Waals surface area (Å²) in [6, 6.07) is 17.8. The molecule has 4 heteroatoms. The van der Waals surface area contributed by atoms with Crippen molar-refractivity contribution in [3.8, 4) is 0 Å². The number of thioether (sulfide) groups is 2. The summed E-state index contributed by atoms with van der Waals surface area (Å²) in [5.74, 6) is 0. The number of benzene rings is 2. The van der Waals surface area contributed by atoms with Crippen molar-refractivity contribution in [2.75, 3.05) is 0 Å². The van der Waals surface area contributed by atoms with Gasteiger partial charge in [-0.3, -0.25) is 0 Å². The molecule has 3 aromatic rings. The van der Waals surface area contributed by atoms with Crippen molar-refractivity contribution in [1.29, 1.82) is 0 Å². The van der Waals surface area contributed by atoms with Crippen LogP contribution in [0.5, 0.6) is 0 Å². The van der Waals surface area contributed by atoms with Crippen molar-refractivity contribution in [3.05, 3.63) is 54.2 Å². The molecule has 1 nitrogen and oxygen atoms in total. The van der Waals surface area contributed by atoms with Crippen LogP contribution < -0.4 is 0 Å². The van der Waals surface area contributed by atoms with Gasteiger partial charge in [0.1, 0.15) is 4.58 Å². The maximum atomic E-state index is 4.64. The summed E-state index contributed by atoms with van der Waals surface area (Å²) in [5.41, 5.74) is 1.19. The number of hydrogen-bond donors (Lipinski definition) is 0. The van der Waals surface area contributed by atoms with Crippen molar-refractivity contribution < 1.29 is 0 Å². The highest BCUT2D eigenvalue weighted by molar-refractivity contribution is 8.19. The molecule has 0 N–H and O–H groups in total. The predicted molar refractivity (Wildman–Crippen MR) is 79.4 cm³/mol. The molecule has 0 saturated heterocycles. The molecule has 0 saturated carbocycles. The third kappa shape index (κ3) is 1.67. The first-order valence-electron chi connectivity index (χ1n) is 5.59. The molecule has 1 aromatic heterocycles. The Bertz CT molecular complexity index is 695. The third-order valence-corrected chi connectivity index (χ3v) is 6.52. The third-order valence-electron chi connectivity index (χ3n) is 2.88. The van der Waals surface area contributed by atoms with Gasteiger partial charge in [-0.2, -0.15) is 4.37 Å². The second-order valence-electron chi connectivity index (χ2n) is 4.00. The maximum Gasteiger partial charge on any atom is 0.103 e. The van der Waals surface area contributed by atoms with Gasteiger partial charge >= 0.3 is 0 Å². The van der Waals surface area contributed by atoms with Gasteiger partial charge in [-0.05, 0) is 41.9 Å². The van der Waals surface area contributed by atoms with Crippen molar-refractivity contribution >= 4 is 45.1 Å². The van der Waals surface area contributed by atoms with Crippen LogP contribution in [0.2, 0.25) is 0 Å². The smallest absolute Gasteiger partial charge is 0.103 e. The fourth-order valence-corrected chi connectivity index (χ4v) is 5.78. The lowest BCUT2D eigenvalue weighted by molar-refractivity contribution is 1.27. The van der Waals surface area contributed by atoms with Crippen LogP contribution in [-0.4, -0.2) is 4.37 Å². The van der Waals surface area contributed by atoms with Crippen molar-refractivity contribution in [1.82, 2.24) is 4.37 Å². The molecule has 0 fully saturated rings. The topological polar surface area (TPSA) is 12.9 Å². The SMILES string of the molecule is [c]1ccc2snc(C3Sc4ccccc4S3)c2c1. The van der Waals surface area contributed by atoms with E-state index >= 15 is 0 Å². The second kappa shape index (κ2) is 4.30. The molecule has 1 aliphatic heterocycles. The zero-order valence-corrected chi connectivity index (χ0v) is 11.7. The van der Waals surface area contributed by atoms with Crippen LogP contribution >= 0.6 is 35.1 Å². The molecule has 0 unspecified atom stereocenters. The van der Waals surface area contributed by atoms with E-state index in [-0.39, 0.29) is 0 Å². The van der Waals surface area contributed by atoms with Gasteiger partial charge in [-0.1, -0.05) is 18.2 Å². The Morgan fingerprint density at radius 1 is 1.06 bits per heavy atom. The first kappa shape index (κ1) is 10.9. The van der Waals surface area contributed by atoms with Gasteiger partial charge < -0.3 is 0 Å². The number of rotatable bonds is 1. The Kier molecular flexibility index (Phi) is 2.60. The van der Waals surface area contributed by atoms with Gasteiger partial charge in [0.15, 0.2) is 0 Å². The molecule has 0 bridgehead atoms. The van der Waals surface area contributed by atoms with Gasteiger partial charge in [-0.25, -0.2) is 0 Å². The molecule has 0 spiro atoms. The minimum absolute atomic E-state index is 0.381. The molecule has 0 atom stereocenters. The van der Waals surface area contributed by atoms with E-state index in [1.807, 2.05) is 29.6 Å². The van der Waals surface area contributed by atoms with Gasteiger partial charge in [0, 0.05) is 15.2 Å². The summed E-state index contributed by atoms with van der Waals surface area (Å²) >= 11 is 5.39. The highest BCUT2D eigenvalue weighted by Crippen LogP contribution is 2.57. The fraction of sp³-hybridized carbons (Fsp3) is 0.0714. The number of aromatic nitrogens is 1. The predicted octanol–water partition coefficient (Wildman–Crippen LogP) is 4.99. The minimum atomic E-state index is 0.381. The van der Waals surface area contributed by atoms with Gasteiger partial charge in [0.25, 0.3) is 0 Å². The molecule has 4 rings (SSSR count). The number of nitrogens with zero attached hydrogens (tertiary/aromatic N) is 1. The summed E-state index contributed by atoms with van der Waals surface area (Å²) in [7, 11) is 0. The minimum Gasteiger partial charge on any atom is -0.194 e. The summed E-state index contributed by atoms with van der Waals surface area (Å²) in [6.07, 6.45) is 0. The molecule has 2 aromatic carbocycles. The fourth-order valence-electron chi connectivity index (χ4n) is 2.02. The lowest BCUT2D eigenvalue weighted by Crippen LogP contribution is -1.84. The quantitative estimate of drug-likeness (QED) is 0.625. The number of fused-ring (bicyclic) bond motifs is 2. The van der Waals surface area contributed by atoms with E-state index in [2.05, 4.69) is 46.8 Å². The first-order valence-corrected chi connectivity index (χ1v) is 8.13. The Morgan fingerprint density at radius 2 is 1.83 bits per heavy atom. The summed E-state index contributed by atoms with van der Waals surface area (Å²) < 4.78 is 6.27. The monoisotopic (exact) mass is 286 g/mol. The van der Waals surface area contributed by atoms with Gasteiger partial charge in [-0.15, -0.1) is 23.5 Å². The standard InChI is InChI=1S/C14H8NS3/c1-2-6-10-9(5-1)13(15-18-10)14-16-11-7-3-4-8-12(11)17-14/h2-8,14H. The van der Waals surface area contributed by atoms with Crippen LogP contribution in [0.1, 0.15) is 10.3 Å². The van der Waals surface area contributed by atoms with Crippen LogP contribution in [0, 0.1) is 6.07 Å². The van der Waals surface area contributed by atoms with Crippen LogP contribution in [0.4, 0.5) is 0 Å². The number of hydrogen-bond acceptors (Lipinski definition) is 4. The molecule has 87 valence electrons. The van der Waals surface area contributed by atoms with Crippen LogP contribution in [-0.2, 0) is 0 Å². The van der Waals surface area contributed by atoms with Crippen LogP contribution in [0.3, 0.4) is 0 Å². The van der Waals surface area contributed by atoms with Crippen molar-refractivity contribution in [3.63, 3.8) is 0 Å². The normalized spacial score (nSPS) is 15.1. The van der Waals surface area contributed by atoms with Gasteiger partial charge in [0.05, 0.1) is 10.4 Å². The summed E-state index contributed by atoms with van der Waals surface area (Å²) in [5, 5.41) is 1.25. The molecule has 18 heavy (non-hydrogen) atoms. The second-order valence-corrected chi connectivity index (χ2v) is 7.40. The molecular weight excluding hydrogens is 278 g/mol. The summed E-state index contributed by atoms with van der Waals surface area (Å²) in [4.78, 5) is 2.74. The van der Waals surface area contributed by atoms with Crippen molar-refractivity contribution in [2.45, 2.75) is 14.4 Å². The van der Waals surface area contributed by atoms with E-state index < -0.39 is 0 Å². The van der Waals surface area contributed by atoms with Gasteiger partial charge in [0.2, 0.25) is 0 Å². The molecular formula is C14H8NS3. The molecule has 2 heterocycles. The van der Waals surface area contributed by atoms with Crippen LogP contribution in [0.15, 0.2) is 52.3 Å². The van der Waals surface area contributed by atoms with E-state index in [0.717, 1.165) is 0 Å². The molecule has 1 aliphatic rings. The zero-order chi connectivity index (χ0) is 11.9. The Hall–Kier alpha value is -0.970. The maximum absolute atomic E-state index is 4.64. The zero-order valence-electron chi connectivity index (χ0n) is 9.29. The lowest BCUT2D eigenvalue weighted by atomic mass is 10.2. The highest BCUT2D eigenvalue weighted by atomic mass is 32.2. The Balaban J connectivity index is 1.78. The Morgan fingerprint density at radius 3 is 2.61 bits per heavy atom. The van der Waals surface area contributed by atoms with E-state index in [9.17, 15) is 0 Å². The van der Waals surface area contributed by atoms with Crippen molar-refractivity contribution in [2.24, 2.45) is 0 Å². The molecule has 1 radical (unpaired) electrons. The van der Waals surface area contributed by atoms with E-state index in [1.54, 1.807) is 11.5 Å². The Labute approximate surface area is 118 Å². The molecule has 0 aliphatic carbocycles. The van der Waals surface area contributed by atoms with E-state index in [1.165, 1.54) is 25.6 Å². The molecule has 0 amide bonds. The van der Waals surface area contributed by atoms with E-state index in [0.29, 0.717) is 4.58 Å². The first-order chi connectivity index (χ1) is 8.92. The average molecular weight is 286 g/mol.